The van der Waals surface area contributed by atoms with Crippen molar-refractivity contribution >= 4 is 10.0 Å². The molecule has 0 aliphatic carbocycles. The second kappa shape index (κ2) is 5.57. The lowest BCUT2D eigenvalue weighted by Gasteiger charge is -2.14. The van der Waals surface area contributed by atoms with E-state index in [1.165, 1.54) is 0 Å². The molecule has 0 spiro atoms. The second-order valence-corrected chi connectivity index (χ2v) is 5.34. The molecule has 1 atom stereocenters. The summed E-state index contributed by atoms with van der Waals surface area (Å²) < 4.78 is 24.9. The van der Waals surface area contributed by atoms with Crippen molar-refractivity contribution in [3.63, 3.8) is 0 Å². The summed E-state index contributed by atoms with van der Waals surface area (Å²) in [5, 5.41) is 9.34. The van der Waals surface area contributed by atoms with Crippen LogP contribution in [0.15, 0.2) is 0 Å². The van der Waals surface area contributed by atoms with Gasteiger partial charge in [-0.15, -0.1) is 0 Å². The maximum absolute atomic E-state index is 11.2. The van der Waals surface area contributed by atoms with Gasteiger partial charge in [0.1, 0.15) is 0 Å². The van der Waals surface area contributed by atoms with E-state index >= 15 is 0 Å². The third-order valence-electron chi connectivity index (χ3n) is 1.73. The number of aliphatic hydroxyl groups is 1. The average molecular weight is 209 g/mol. The van der Waals surface area contributed by atoms with Crippen LogP contribution in [0, 0.1) is 5.92 Å². The van der Waals surface area contributed by atoms with Gasteiger partial charge in [0.2, 0.25) is 10.0 Å². The van der Waals surface area contributed by atoms with Crippen LogP contribution in [0.2, 0.25) is 0 Å². The van der Waals surface area contributed by atoms with Crippen molar-refractivity contribution in [1.29, 1.82) is 0 Å². The summed E-state index contributed by atoms with van der Waals surface area (Å²) in [4.78, 5) is 0. The van der Waals surface area contributed by atoms with Crippen LogP contribution in [-0.4, -0.2) is 31.9 Å². The molecule has 0 bridgehead atoms. The zero-order valence-corrected chi connectivity index (χ0v) is 9.26. The molecule has 0 aromatic carbocycles. The van der Waals surface area contributed by atoms with E-state index in [2.05, 4.69) is 4.72 Å². The van der Waals surface area contributed by atoms with Gasteiger partial charge in [-0.3, -0.25) is 0 Å². The monoisotopic (exact) mass is 209 g/mol. The van der Waals surface area contributed by atoms with Crippen molar-refractivity contribution in [1.82, 2.24) is 4.72 Å². The summed E-state index contributed by atoms with van der Waals surface area (Å²) in [7, 11) is -3.29. The predicted octanol–water partition coefficient (Wildman–Crippen LogP) is 0.333. The largest absolute Gasteiger partial charge is 0.392 e. The number of aliphatic hydroxyl groups excluding tert-OH is 1. The molecule has 0 heterocycles. The quantitative estimate of drug-likeness (QED) is 0.662. The molecular weight excluding hydrogens is 190 g/mol. The summed E-state index contributed by atoms with van der Waals surface area (Å²) >= 11 is 0. The maximum atomic E-state index is 11.2. The van der Waals surface area contributed by atoms with E-state index in [9.17, 15) is 13.5 Å². The van der Waals surface area contributed by atoms with Crippen LogP contribution in [0.3, 0.4) is 0 Å². The van der Waals surface area contributed by atoms with Gasteiger partial charge in [-0.05, 0) is 12.3 Å². The van der Waals surface area contributed by atoms with Gasteiger partial charge in [-0.2, -0.15) is 0 Å². The van der Waals surface area contributed by atoms with E-state index in [0.717, 1.165) is 6.42 Å². The Balaban J connectivity index is 4.02. The first-order chi connectivity index (χ1) is 5.89. The number of sulfonamides is 1. The molecular formula is C8H19NO3S. The Morgan fingerprint density at radius 2 is 1.92 bits per heavy atom. The Bertz CT molecular complexity index is 224. The lowest BCUT2D eigenvalue weighted by Crippen LogP contribution is -2.34. The highest BCUT2D eigenvalue weighted by Gasteiger charge is 2.18. The standard InChI is InChI=1S/C8H19NO3S/c1-4-5-9-13(11,12)6-8(10)7(2)3/h7-10H,4-6H2,1-3H3. The minimum atomic E-state index is -3.29. The number of hydrogen-bond donors (Lipinski definition) is 2. The van der Waals surface area contributed by atoms with Crippen LogP contribution in [-0.2, 0) is 10.0 Å². The van der Waals surface area contributed by atoms with E-state index in [0.29, 0.717) is 6.54 Å². The van der Waals surface area contributed by atoms with Crippen LogP contribution in [0.1, 0.15) is 27.2 Å². The number of hydrogen-bond acceptors (Lipinski definition) is 3. The highest BCUT2D eigenvalue weighted by atomic mass is 32.2. The molecule has 0 aliphatic heterocycles. The SMILES string of the molecule is CCCNS(=O)(=O)CC(O)C(C)C. The topological polar surface area (TPSA) is 66.4 Å². The van der Waals surface area contributed by atoms with Crippen LogP contribution in [0.4, 0.5) is 0 Å². The van der Waals surface area contributed by atoms with Gasteiger partial charge in [0.15, 0.2) is 0 Å². The highest BCUT2D eigenvalue weighted by Crippen LogP contribution is 2.03. The van der Waals surface area contributed by atoms with Crippen LogP contribution >= 0.6 is 0 Å². The van der Waals surface area contributed by atoms with E-state index in [1.54, 1.807) is 13.8 Å². The van der Waals surface area contributed by atoms with Gasteiger partial charge in [0.25, 0.3) is 0 Å². The van der Waals surface area contributed by atoms with Crippen molar-refractivity contribution in [3.05, 3.63) is 0 Å². The molecule has 0 fully saturated rings. The molecule has 0 saturated heterocycles. The van der Waals surface area contributed by atoms with Crippen molar-refractivity contribution in [2.24, 2.45) is 5.92 Å². The van der Waals surface area contributed by atoms with Gasteiger partial charge in [-0.1, -0.05) is 20.8 Å². The predicted molar refractivity (Wildman–Crippen MR) is 52.9 cm³/mol. The lowest BCUT2D eigenvalue weighted by molar-refractivity contribution is 0.147. The van der Waals surface area contributed by atoms with Crippen molar-refractivity contribution in [2.75, 3.05) is 12.3 Å². The smallest absolute Gasteiger partial charge is 0.214 e. The first-order valence-electron chi connectivity index (χ1n) is 4.54. The molecule has 0 aromatic rings. The molecule has 13 heavy (non-hydrogen) atoms. The molecule has 0 radical (unpaired) electrons. The number of rotatable bonds is 6. The Labute approximate surface area is 80.4 Å². The third-order valence-corrected chi connectivity index (χ3v) is 3.16. The third kappa shape index (κ3) is 6.01. The van der Waals surface area contributed by atoms with Gasteiger partial charge in [0, 0.05) is 6.54 Å². The minimum absolute atomic E-state index is 0.0294. The number of nitrogens with one attached hydrogen (secondary N) is 1. The molecule has 0 amide bonds. The van der Waals surface area contributed by atoms with E-state index in [-0.39, 0.29) is 11.7 Å². The fraction of sp³-hybridized carbons (Fsp3) is 1.00. The Kier molecular flexibility index (Phi) is 5.51. The fourth-order valence-corrected chi connectivity index (χ4v) is 2.20. The molecule has 0 rings (SSSR count). The van der Waals surface area contributed by atoms with Crippen molar-refractivity contribution in [2.45, 2.75) is 33.3 Å². The van der Waals surface area contributed by atoms with Crippen LogP contribution in [0.25, 0.3) is 0 Å². The fourth-order valence-electron chi connectivity index (χ4n) is 0.734. The molecule has 0 aliphatic rings. The summed E-state index contributed by atoms with van der Waals surface area (Å²) in [5.41, 5.74) is 0. The van der Waals surface area contributed by atoms with Crippen LogP contribution in [0.5, 0.6) is 0 Å². The summed E-state index contributed by atoms with van der Waals surface area (Å²) in [6.07, 6.45) is -0.0221. The Hall–Kier alpha value is -0.130. The zero-order valence-electron chi connectivity index (χ0n) is 8.45. The molecule has 2 N–H and O–H groups in total. The van der Waals surface area contributed by atoms with Gasteiger partial charge in [-0.25, -0.2) is 13.1 Å². The van der Waals surface area contributed by atoms with Gasteiger partial charge >= 0.3 is 0 Å². The minimum Gasteiger partial charge on any atom is -0.392 e. The first-order valence-corrected chi connectivity index (χ1v) is 6.19. The van der Waals surface area contributed by atoms with Crippen LogP contribution < -0.4 is 4.72 Å². The molecule has 0 aromatic heterocycles. The highest BCUT2D eigenvalue weighted by molar-refractivity contribution is 7.89. The summed E-state index contributed by atoms with van der Waals surface area (Å²) in [6.45, 7) is 5.91. The van der Waals surface area contributed by atoms with E-state index in [1.807, 2.05) is 6.92 Å². The lowest BCUT2D eigenvalue weighted by atomic mass is 10.1. The molecule has 0 saturated carbocycles. The van der Waals surface area contributed by atoms with E-state index in [4.69, 9.17) is 0 Å². The van der Waals surface area contributed by atoms with Gasteiger partial charge in [0.05, 0.1) is 11.9 Å². The van der Waals surface area contributed by atoms with Gasteiger partial charge < -0.3 is 5.11 Å². The average Bonchev–Trinajstić information content (AvgIpc) is 2.00. The zero-order chi connectivity index (χ0) is 10.5. The molecule has 80 valence electrons. The molecule has 4 nitrogen and oxygen atoms in total. The van der Waals surface area contributed by atoms with E-state index < -0.39 is 16.1 Å². The van der Waals surface area contributed by atoms with Crippen molar-refractivity contribution in [3.8, 4) is 0 Å². The molecule has 5 heteroatoms. The second-order valence-electron chi connectivity index (χ2n) is 3.49. The normalized spacial score (nSPS) is 14.8. The first kappa shape index (κ1) is 12.9. The Morgan fingerprint density at radius 3 is 2.31 bits per heavy atom. The summed E-state index contributed by atoms with van der Waals surface area (Å²) in [6, 6.07) is 0. The Morgan fingerprint density at radius 1 is 1.38 bits per heavy atom. The summed E-state index contributed by atoms with van der Waals surface area (Å²) in [5.74, 6) is -0.233. The van der Waals surface area contributed by atoms with Crippen molar-refractivity contribution < 1.29 is 13.5 Å². The maximum Gasteiger partial charge on any atom is 0.214 e. The molecule has 1 unspecified atom stereocenters.